The fourth-order valence-electron chi connectivity index (χ4n) is 2.13. The third kappa shape index (κ3) is 3.24. The maximum atomic E-state index is 6.17. The van der Waals surface area contributed by atoms with E-state index in [1.54, 1.807) is 0 Å². The standard InChI is InChI=1S/C16H15Br2Cl/c1-9-4-5-12(17)8-14(9)16(18)13-6-11(3)15(19)7-10(13)2/h4-8,16H,1-3H3. The van der Waals surface area contributed by atoms with Gasteiger partial charge in [-0.05, 0) is 66.8 Å². The van der Waals surface area contributed by atoms with Crippen molar-refractivity contribution >= 4 is 43.5 Å². The van der Waals surface area contributed by atoms with Crippen LogP contribution in [0.15, 0.2) is 34.8 Å². The fraction of sp³-hybridized carbons (Fsp3) is 0.250. The third-order valence-corrected chi connectivity index (χ3v) is 5.22. The van der Waals surface area contributed by atoms with E-state index in [9.17, 15) is 0 Å². The summed E-state index contributed by atoms with van der Waals surface area (Å²) in [6.45, 7) is 6.27. The summed E-state index contributed by atoms with van der Waals surface area (Å²) in [5.41, 5.74) is 6.13. The smallest absolute Gasteiger partial charge is 0.0650 e. The average molecular weight is 403 g/mol. The van der Waals surface area contributed by atoms with Crippen LogP contribution in [0.4, 0.5) is 0 Å². The van der Waals surface area contributed by atoms with Gasteiger partial charge in [0.15, 0.2) is 0 Å². The first-order chi connectivity index (χ1) is 8.90. The average Bonchev–Trinajstić information content (AvgIpc) is 2.36. The summed E-state index contributed by atoms with van der Waals surface area (Å²) in [5, 5.41) is 0.826. The molecule has 0 aliphatic rings. The van der Waals surface area contributed by atoms with E-state index in [4.69, 9.17) is 11.6 Å². The molecule has 0 spiro atoms. The largest absolute Gasteiger partial charge is 0.0840 e. The van der Waals surface area contributed by atoms with Crippen LogP contribution in [-0.2, 0) is 0 Å². The summed E-state index contributed by atoms with van der Waals surface area (Å²) >= 11 is 13.5. The summed E-state index contributed by atoms with van der Waals surface area (Å²) in [4.78, 5) is 0.181. The van der Waals surface area contributed by atoms with Gasteiger partial charge in [0.2, 0.25) is 0 Å². The lowest BCUT2D eigenvalue weighted by Gasteiger charge is -2.17. The van der Waals surface area contributed by atoms with Gasteiger partial charge in [0, 0.05) is 9.50 Å². The molecule has 19 heavy (non-hydrogen) atoms. The number of aryl methyl sites for hydroxylation is 3. The summed E-state index contributed by atoms with van der Waals surface area (Å²) < 4.78 is 1.10. The minimum Gasteiger partial charge on any atom is -0.0840 e. The molecule has 3 heteroatoms. The molecule has 0 bridgehead atoms. The normalized spacial score (nSPS) is 12.5. The van der Waals surface area contributed by atoms with Crippen LogP contribution >= 0.6 is 43.5 Å². The van der Waals surface area contributed by atoms with Crippen LogP contribution in [0.3, 0.4) is 0 Å². The predicted octanol–water partition coefficient (Wildman–Crippen LogP) is 6.51. The van der Waals surface area contributed by atoms with Gasteiger partial charge in [-0.3, -0.25) is 0 Å². The highest BCUT2D eigenvalue weighted by Crippen LogP contribution is 2.37. The first-order valence-electron chi connectivity index (χ1n) is 6.07. The maximum absolute atomic E-state index is 6.17. The fourth-order valence-corrected chi connectivity index (χ4v) is 3.71. The molecular weight excluding hydrogens is 387 g/mol. The number of halogens is 3. The van der Waals surface area contributed by atoms with E-state index in [2.05, 4.69) is 70.0 Å². The Hall–Kier alpha value is -0.310. The SMILES string of the molecule is Cc1cc(C(Br)c2cc(Br)ccc2C)c(C)cc1Cl. The van der Waals surface area contributed by atoms with Crippen molar-refractivity contribution in [2.45, 2.75) is 25.6 Å². The third-order valence-electron chi connectivity index (χ3n) is 3.33. The molecule has 0 saturated carbocycles. The van der Waals surface area contributed by atoms with Crippen molar-refractivity contribution in [1.29, 1.82) is 0 Å². The molecule has 0 aromatic heterocycles. The number of benzene rings is 2. The quantitative estimate of drug-likeness (QED) is 0.502. The maximum Gasteiger partial charge on any atom is 0.0650 e. The number of hydrogen-bond acceptors (Lipinski definition) is 0. The molecule has 2 aromatic rings. The molecule has 2 rings (SSSR count). The van der Waals surface area contributed by atoms with Crippen LogP contribution in [0.25, 0.3) is 0 Å². The van der Waals surface area contributed by atoms with Gasteiger partial charge in [0.25, 0.3) is 0 Å². The van der Waals surface area contributed by atoms with Crippen molar-refractivity contribution in [3.63, 3.8) is 0 Å². The zero-order valence-electron chi connectivity index (χ0n) is 11.1. The topological polar surface area (TPSA) is 0 Å². The Morgan fingerprint density at radius 1 is 0.895 bits per heavy atom. The molecule has 0 nitrogen and oxygen atoms in total. The van der Waals surface area contributed by atoms with E-state index in [0.29, 0.717) is 0 Å². The van der Waals surface area contributed by atoms with Crippen LogP contribution in [0.5, 0.6) is 0 Å². The lowest BCUT2D eigenvalue weighted by molar-refractivity contribution is 1.11. The van der Waals surface area contributed by atoms with E-state index < -0.39 is 0 Å². The molecule has 0 aliphatic carbocycles. The molecule has 1 atom stereocenters. The second-order valence-electron chi connectivity index (χ2n) is 4.82. The van der Waals surface area contributed by atoms with Gasteiger partial charge in [-0.25, -0.2) is 0 Å². The Morgan fingerprint density at radius 2 is 1.53 bits per heavy atom. The molecular formula is C16H15Br2Cl. The summed E-state index contributed by atoms with van der Waals surface area (Å²) in [7, 11) is 0. The van der Waals surface area contributed by atoms with Crippen molar-refractivity contribution in [3.8, 4) is 0 Å². The molecule has 0 amide bonds. The van der Waals surface area contributed by atoms with Gasteiger partial charge in [0.05, 0.1) is 4.83 Å². The van der Waals surface area contributed by atoms with Crippen molar-refractivity contribution in [2.75, 3.05) is 0 Å². The molecule has 0 fully saturated rings. The van der Waals surface area contributed by atoms with Crippen LogP contribution < -0.4 is 0 Å². The van der Waals surface area contributed by atoms with Crippen molar-refractivity contribution in [2.24, 2.45) is 0 Å². The van der Waals surface area contributed by atoms with Crippen LogP contribution in [0, 0.1) is 20.8 Å². The van der Waals surface area contributed by atoms with Gasteiger partial charge in [0.1, 0.15) is 0 Å². The monoisotopic (exact) mass is 400 g/mol. The van der Waals surface area contributed by atoms with Crippen molar-refractivity contribution < 1.29 is 0 Å². The Kier molecular flexibility index (Phi) is 4.75. The summed E-state index contributed by atoms with van der Waals surface area (Å²) in [5.74, 6) is 0. The minimum absolute atomic E-state index is 0.181. The second-order valence-corrected chi connectivity index (χ2v) is 7.06. The van der Waals surface area contributed by atoms with E-state index in [1.165, 1.54) is 22.3 Å². The lowest BCUT2D eigenvalue weighted by Crippen LogP contribution is -1.99. The molecule has 2 aromatic carbocycles. The highest BCUT2D eigenvalue weighted by atomic mass is 79.9. The van der Waals surface area contributed by atoms with Crippen LogP contribution in [-0.4, -0.2) is 0 Å². The first kappa shape index (κ1) is 15.1. The molecule has 0 N–H and O–H groups in total. The Labute approximate surface area is 136 Å². The second kappa shape index (κ2) is 5.99. The van der Waals surface area contributed by atoms with Crippen LogP contribution in [0.1, 0.15) is 32.6 Å². The van der Waals surface area contributed by atoms with Gasteiger partial charge in [-0.1, -0.05) is 55.6 Å². The summed E-state index contributed by atoms with van der Waals surface area (Å²) in [6.07, 6.45) is 0. The van der Waals surface area contributed by atoms with E-state index in [0.717, 1.165) is 15.1 Å². The van der Waals surface area contributed by atoms with E-state index >= 15 is 0 Å². The molecule has 100 valence electrons. The van der Waals surface area contributed by atoms with Crippen molar-refractivity contribution in [3.05, 3.63) is 67.6 Å². The van der Waals surface area contributed by atoms with Crippen LogP contribution in [0.2, 0.25) is 5.02 Å². The molecule has 1 unspecified atom stereocenters. The molecule has 0 radical (unpaired) electrons. The van der Waals surface area contributed by atoms with Gasteiger partial charge < -0.3 is 0 Å². The van der Waals surface area contributed by atoms with E-state index in [-0.39, 0.29) is 4.83 Å². The van der Waals surface area contributed by atoms with E-state index in [1.807, 2.05) is 13.0 Å². The molecule has 0 aliphatic heterocycles. The minimum atomic E-state index is 0.181. The van der Waals surface area contributed by atoms with Gasteiger partial charge >= 0.3 is 0 Å². The van der Waals surface area contributed by atoms with Crippen molar-refractivity contribution in [1.82, 2.24) is 0 Å². The molecule has 0 heterocycles. The Balaban J connectivity index is 2.52. The first-order valence-corrected chi connectivity index (χ1v) is 8.15. The lowest BCUT2D eigenvalue weighted by atomic mass is 9.96. The van der Waals surface area contributed by atoms with Gasteiger partial charge in [-0.2, -0.15) is 0 Å². The van der Waals surface area contributed by atoms with Gasteiger partial charge in [-0.15, -0.1) is 0 Å². The summed E-state index contributed by atoms with van der Waals surface area (Å²) in [6, 6.07) is 10.6. The number of hydrogen-bond donors (Lipinski definition) is 0. The highest BCUT2D eigenvalue weighted by molar-refractivity contribution is 9.10. The zero-order valence-corrected chi connectivity index (χ0v) is 15.0. The Bertz CT molecular complexity index is 620. The predicted molar refractivity (Wildman–Crippen MR) is 90.6 cm³/mol. The zero-order chi connectivity index (χ0) is 14.2. The molecule has 0 saturated heterocycles. The number of alkyl halides is 1. The highest BCUT2D eigenvalue weighted by Gasteiger charge is 2.16. The number of rotatable bonds is 2. The Morgan fingerprint density at radius 3 is 2.21 bits per heavy atom.